The van der Waals surface area contributed by atoms with Crippen LogP contribution in [0.3, 0.4) is 0 Å². The molecule has 1 saturated carbocycles. The molecule has 1 aliphatic carbocycles. The number of rotatable bonds is 1. The molecule has 0 bridgehead atoms. The van der Waals surface area contributed by atoms with Gasteiger partial charge in [-0.25, -0.2) is 0 Å². The first kappa shape index (κ1) is 9.02. The van der Waals surface area contributed by atoms with Crippen molar-refractivity contribution >= 4 is 0 Å². The minimum Gasteiger partial charge on any atom is -0.317 e. The minimum atomic E-state index is 0.0434. The fourth-order valence-electron chi connectivity index (χ4n) is 2.96. The third kappa shape index (κ3) is 1.58. The van der Waals surface area contributed by atoms with Gasteiger partial charge in [-0.15, -0.1) is 0 Å². The van der Waals surface area contributed by atoms with Crippen molar-refractivity contribution in [3.63, 3.8) is 0 Å². The molecule has 1 N–H and O–H groups in total. The summed E-state index contributed by atoms with van der Waals surface area (Å²) in [5, 5.41) is 12.7. The van der Waals surface area contributed by atoms with E-state index in [2.05, 4.69) is 11.4 Å². The first-order valence-electron chi connectivity index (χ1n) is 5.49. The van der Waals surface area contributed by atoms with E-state index < -0.39 is 0 Å². The van der Waals surface area contributed by atoms with Crippen LogP contribution in [0.1, 0.15) is 38.5 Å². The Balaban J connectivity index is 2.08. The highest BCUT2D eigenvalue weighted by Gasteiger charge is 2.40. The lowest BCUT2D eigenvalue weighted by atomic mass is 9.69. The molecule has 13 heavy (non-hydrogen) atoms. The first-order chi connectivity index (χ1) is 6.37. The summed E-state index contributed by atoms with van der Waals surface area (Å²) in [5.74, 6) is 0.708. The van der Waals surface area contributed by atoms with Crippen LogP contribution >= 0.6 is 0 Å². The Kier molecular flexibility index (Phi) is 2.55. The molecular formula is C11H18N2. The zero-order valence-electron chi connectivity index (χ0n) is 8.18. The summed E-state index contributed by atoms with van der Waals surface area (Å²) in [5.41, 5.74) is 0.0434. The van der Waals surface area contributed by atoms with Crippen molar-refractivity contribution < 1.29 is 0 Å². The van der Waals surface area contributed by atoms with Crippen LogP contribution < -0.4 is 5.32 Å². The molecule has 0 radical (unpaired) electrons. The molecule has 0 amide bonds. The topological polar surface area (TPSA) is 35.8 Å². The molecule has 72 valence electrons. The number of piperidine rings is 1. The van der Waals surface area contributed by atoms with Crippen LogP contribution in [0, 0.1) is 22.7 Å². The predicted molar refractivity (Wildman–Crippen MR) is 52.1 cm³/mol. The van der Waals surface area contributed by atoms with Gasteiger partial charge in [-0.05, 0) is 44.7 Å². The molecule has 0 unspecified atom stereocenters. The number of nitrogens with zero attached hydrogens (tertiary/aromatic N) is 1. The highest BCUT2D eigenvalue weighted by molar-refractivity contribution is 5.06. The Labute approximate surface area is 80.3 Å². The van der Waals surface area contributed by atoms with Gasteiger partial charge in [0.2, 0.25) is 0 Å². The maximum absolute atomic E-state index is 9.32. The van der Waals surface area contributed by atoms with Crippen LogP contribution in [0.2, 0.25) is 0 Å². The van der Waals surface area contributed by atoms with E-state index >= 15 is 0 Å². The lowest BCUT2D eigenvalue weighted by molar-refractivity contribution is 0.178. The Morgan fingerprint density at radius 3 is 2.31 bits per heavy atom. The normalized spacial score (nSPS) is 28.5. The van der Waals surface area contributed by atoms with Gasteiger partial charge in [0.15, 0.2) is 0 Å². The second-order valence-corrected chi connectivity index (χ2v) is 4.50. The second kappa shape index (κ2) is 3.67. The lowest BCUT2D eigenvalue weighted by Gasteiger charge is -2.36. The van der Waals surface area contributed by atoms with E-state index in [9.17, 15) is 5.26 Å². The minimum absolute atomic E-state index is 0.0434. The van der Waals surface area contributed by atoms with Crippen molar-refractivity contribution in [3.8, 4) is 6.07 Å². The SMILES string of the molecule is N#CC1(C2CCCC2)CCNCC1. The van der Waals surface area contributed by atoms with Crippen LogP contribution in [0.15, 0.2) is 0 Å². The summed E-state index contributed by atoms with van der Waals surface area (Å²) >= 11 is 0. The third-order valence-electron chi connectivity index (χ3n) is 3.86. The zero-order valence-corrected chi connectivity index (χ0v) is 8.18. The average Bonchev–Trinajstić information content (AvgIpc) is 2.72. The maximum atomic E-state index is 9.32. The van der Waals surface area contributed by atoms with Crippen molar-refractivity contribution in [2.75, 3.05) is 13.1 Å². The van der Waals surface area contributed by atoms with Crippen LogP contribution in [0.25, 0.3) is 0 Å². The molecule has 0 atom stereocenters. The van der Waals surface area contributed by atoms with Gasteiger partial charge in [0.05, 0.1) is 11.5 Å². The molecule has 1 aliphatic heterocycles. The summed E-state index contributed by atoms with van der Waals surface area (Å²) in [6.45, 7) is 2.09. The molecule has 0 spiro atoms. The lowest BCUT2D eigenvalue weighted by Crippen LogP contribution is -2.40. The summed E-state index contributed by atoms with van der Waals surface area (Å²) in [6, 6.07) is 2.62. The Morgan fingerprint density at radius 2 is 1.77 bits per heavy atom. The van der Waals surface area contributed by atoms with Crippen molar-refractivity contribution in [1.29, 1.82) is 5.26 Å². The van der Waals surface area contributed by atoms with Gasteiger partial charge in [0, 0.05) is 0 Å². The average molecular weight is 178 g/mol. The van der Waals surface area contributed by atoms with E-state index in [0.717, 1.165) is 25.9 Å². The highest BCUT2D eigenvalue weighted by Crippen LogP contribution is 2.45. The predicted octanol–water partition coefficient (Wildman–Crippen LogP) is 2.07. The van der Waals surface area contributed by atoms with E-state index in [1.165, 1.54) is 25.7 Å². The molecule has 2 rings (SSSR count). The summed E-state index contributed by atoms with van der Waals surface area (Å²) < 4.78 is 0. The molecule has 1 heterocycles. The van der Waals surface area contributed by atoms with Crippen molar-refractivity contribution in [1.82, 2.24) is 5.32 Å². The fourth-order valence-corrected chi connectivity index (χ4v) is 2.96. The molecule has 1 saturated heterocycles. The summed E-state index contributed by atoms with van der Waals surface area (Å²) in [4.78, 5) is 0. The standard InChI is InChI=1S/C11H18N2/c12-9-11(5-7-13-8-6-11)10-3-1-2-4-10/h10,13H,1-8H2. The number of nitriles is 1. The van der Waals surface area contributed by atoms with Gasteiger partial charge >= 0.3 is 0 Å². The zero-order chi connectivity index (χ0) is 9.15. The van der Waals surface area contributed by atoms with Gasteiger partial charge in [-0.3, -0.25) is 0 Å². The molecule has 2 heteroatoms. The van der Waals surface area contributed by atoms with Gasteiger partial charge < -0.3 is 5.32 Å². The second-order valence-electron chi connectivity index (χ2n) is 4.50. The van der Waals surface area contributed by atoms with Crippen LogP contribution in [0.5, 0.6) is 0 Å². The first-order valence-corrected chi connectivity index (χ1v) is 5.49. The van der Waals surface area contributed by atoms with E-state index in [1.807, 2.05) is 0 Å². The summed E-state index contributed by atoms with van der Waals surface area (Å²) in [6.07, 6.45) is 7.45. The fraction of sp³-hybridized carbons (Fsp3) is 0.909. The number of nitrogens with one attached hydrogen (secondary N) is 1. The smallest absolute Gasteiger partial charge is 0.0693 e. The third-order valence-corrected chi connectivity index (χ3v) is 3.86. The maximum Gasteiger partial charge on any atom is 0.0693 e. The Bertz CT molecular complexity index is 205. The molecular weight excluding hydrogens is 160 g/mol. The van der Waals surface area contributed by atoms with Crippen LogP contribution in [-0.4, -0.2) is 13.1 Å². The Morgan fingerprint density at radius 1 is 1.15 bits per heavy atom. The summed E-state index contributed by atoms with van der Waals surface area (Å²) in [7, 11) is 0. The monoisotopic (exact) mass is 178 g/mol. The van der Waals surface area contributed by atoms with Crippen LogP contribution in [-0.2, 0) is 0 Å². The van der Waals surface area contributed by atoms with Gasteiger partial charge in [0.1, 0.15) is 0 Å². The number of hydrogen-bond donors (Lipinski definition) is 1. The van der Waals surface area contributed by atoms with E-state index in [4.69, 9.17) is 0 Å². The van der Waals surface area contributed by atoms with Crippen molar-refractivity contribution in [2.24, 2.45) is 11.3 Å². The molecule has 0 aromatic carbocycles. The van der Waals surface area contributed by atoms with Gasteiger partial charge in [-0.2, -0.15) is 5.26 Å². The molecule has 0 aromatic rings. The van der Waals surface area contributed by atoms with E-state index in [1.54, 1.807) is 0 Å². The van der Waals surface area contributed by atoms with Gasteiger partial charge in [-0.1, -0.05) is 12.8 Å². The molecule has 2 aliphatic rings. The van der Waals surface area contributed by atoms with Crippen LogP contribution in [0.4, 0.5) is 0 Å². The largest absolute Gasteiger partial charge is 0.317 e. The molecule has 0 aromatic heterocycles. The quantitative estimate of drug-likeness (QED) is 0.667. The van der Waals surface area contributed by atoms with Crippen molar-refractivity contribution in [3.05, 3.63) is 0 Å². The molecule has 2 fully saturated rings. The van der Waals surface area contributed by atoms with Gasteiger partial charge in [0.25, 0.3) is 0 Å². The molecule has 2 nitrogen and oxygen atoms in total. The van der Waals surface area contributed by atoms with E-state index in [-0.39, 0.29) is 5.41 Å². The van der Waals surface area contributed by atoms with Crippen molar-refractivity contribution in [2.45, 2.75) is 38.5 Å². The Hall–Kier alpha value is -0.550. The van der Waals surface area contributed by atoms with E-state index in [0.29, 0.717) is 5.92 Å². The number of hydrogen-bond acceptors (Lipinski definition) is 2. The highest BCUT2D eigenvalue weighted by atomic mass is 14.9.